The molecule has 2 heterocycles. The van der Waals surface area contributed by atoms with Crippen LogP contribution < -0.4 is 25.4 Å². The summed E-state index contributed by atoms with van der Waals surface area (Å²) in [6, 6.07) is 6.03. The Morgan fingerprint density at radius 2 is 1.96 bits per heavy atom. The number of nitrogens with two attached hydrogens (primary N) is 1. The molecule has 3 rings (SSSR count). The molecular weight excluding hydrogens is 370 g/mol. The van der Waals surface area contributed by atoms with E-state index >= 15 is 0 Å². The first-order valence-corrected chi connectivity index (χ1v) is 8.20. The molecule has 28 heavy (non-hydrogen) atoms. The molecule has 1 aromatic heterocycles. The molecular formula is C19H19NO8. The second-order valence-electron chi connectivity index (χ2n) is 5.84. The van der Waals surface area contributed by atoms with E-state index in [0.29, 0.717) is 17.1 Å². The standard InChI is InChI=1S/C19H19NO8/c1-24-9-4-5-13(25-2)11(6-9)14-15(19(23)26-3)18(20)28-16-12(22)7-10(8-21)27-17(14)16/h4-7,14,21H,8,20H2,1-3H3/t14-/m0/s1. The van der Waals surface area contributed by atoms with E-state index in [2.05, 4.69) is 0 Å². The molecule has 1 atom stereocenters. The molecule has 1 aliphatic heterocycles. The van der Waals surface area contributed by atoms with Gasteiger partial charge in [0, 0.05) is 11.6 Å². The quantitative estimate of drug-likeness (QED) is 0.720. The molecule has 148 valence electrons. The zero-order chi connectivity index (χ0) is 20.4. The number of fused-ring (bicyclic) bond motifs is 1. The Bertz CT molecular complexity index is 1010. The first-order valence-electron chi connectivity index (χ1n) is 8.20. The predicted octanol–water partition coefficient (Wildman–Crippen LogP) is 1.02. The SMILES string of the molecule is COC(=O)C1=C(N)Oc2c(oc(CO)cc2=O)[C@H]1c1cc(OC)ccc1OC. The van der Waals surface area contributed by atoms with Crippen molar-refractivity contribution in [3.63, 3.8) is 0 Å². The highest BCUT2D eigenvalue weighted by Gasteiger charge is 2.40. The molecule has 0 bridgehead atoms. The molecule has 1 aliphatic rings. The van der Waals surface area contributed by atoms with Gasteiger partial charge in [-0.25, -0.2) is 4.79 Å². The Morgan fingerprint density at radius 1 is 1.21 bits per heavy atom. The Kier molecular flexibility index (Phi) is 5.27. The van der Waals surface area contributed by atoms with E-state index < -0.39 is 23.9 Å². The van der Waals surface area contributed by atoms with Gasteiger partial charge in [0.15, 0.2) is 5.76 Å². The topological polar surface area (TPSA) is 130 Å². The van der Waals surface area contributed by atoms with Crippen LogP contribution in [0.1, 0.15) is 23.0 Å². The first kappa shape index (κ1) is 19.3. The fourth-order valence-corrected chi connectivity index (χ4v) is 3.05. The minimum absolute atomic E-state index is 0.00213. The lowest BCUT2D eigenvalue weighted by atomic mass is 9.86. The van der Waals surface area contributed by atoms with Gasteiger partial charge in [0.05, 0.1) is 27.2 Å². The maximum absolute atomic E-state index is 12.5. The zero-order valence-electron chi connectivity index (χ0n) is 15.5. The molecule has 0 aliphatic carbocycles. The molecule has 0 fully saturated rings. The summed E-state index contributed by atoms with van der Waals surface area (Å²) in [4.78, 5) is 24.9. The summed E-state index contributed by atoms with van der Waals surface area (Å²) in [5.74, 6) is -1.36. The molecule has 1 aromatic carbocycles. The van der Waals surface area contributed by atoms with Crippen molar-refractivity contribution >= 4 is 5.97 Å². The predicted molar refractivity (Wildman–Crippen MR) is 96.1 cm³/mol. The van der Waals surface area contributed by atoms with Gasteiger partial charge in [0.2, 0.25) is 17.1 Å². The number of aliphatic hydroxyl groups excluding tert-OH is 1. The summed E-state index contributed by atoms with van der Waals surface area (Å²) in [6.45, 7) is -0.517. The van der Waals surface area contributed by atoms with E-state index in [4.69, 9.17) is 29.1 Å². The first-order chi connectivity index (χ1) is 13.4. The van der Waals surface area contributed by atoms with Crippen molar-refractivity contribution in [3.8, 4) is 17.2 Å². The summed E-state index contributed by atoms with van der Waals surface area (Å²) >= 11 is 0. The number of hydrogen-bond acceptors (Lipinski definition) is 9. The third-order valence-corrected chi connectivity index (χ3v) is 4.32. The lowest BCUT2D eigenvalue weighted by Crippen LogP contribution is -2.30. The van der Waals surface area contributed by atoms with E-state index in [1.807, 2.05) is 0 Å². The number of ether oxygens (including phenoxy) is 4. The van der Waals surface area contributed by atoms with E-state index in [1.165, 1.54) is 21.3 Å². The largest absolute Gasteiger partial charge is 0.497 e. The van der Waals surface area contributed by atoms with Gasteiger partial charge < -0.3 is 34.2 Å². The van der Waals surface area contributed by atoms with Crippen molar-refractivity contribution in [2.24, 2.45) is 5.73 Å². The third kappa shape index (κ3) is 3.16. The van der Waals surface area contributed by atoms with Crippen molar-refractivity contribution in [1.29, 1.82) is 0 Å². The Labute approximate surface area is 159 Å². The molecule has 0 radical (unpaired) electrons. The van der Waals surface area contributed by atoms with Crippen LogP contribution in [0.4, 0.5) is 0 Å². The Hall–Kier alpha value is -3.46. The molecule has 9 nitrogen and oxygen atoms in total. The van der Waals surface area contributed by atoms with Gasteiger partial charge in [-0.2, -0.15) is 0 Å². The number of carbonyl (C=O) groups excluding carboxylic acids is 1. The minimum atomic E-state index is -0.986. The fourth-order valence-electron chi connectivity index (χ4n) is 3.05. The number of methoxy groups -OCH3 is 3. The summed E-state index contributed by atoms with van der Waals surface area (Å²) in [7, 11) is 4.13. The summed E-state index contributed by atoms with van der Waals surface area (Å²) in [6.07, 6.45) is 0. The second kappa shape index (κ2) is 7.65. The summed E-state index contributed by atoms with van der Waals surface area (Å²) in [5.41, 5.74) is 5.77. The monoisotopic (exact) mass is 389 g/mol. The van der Waals surface area contributed by atoms with Crippen LogP contribution in [0, 0.1) is 0 Å². The average molecular weight is 389 g/mol. The van der Waals surface area contributed by atoms with Gasteiger partial charge in [-0.3, -0.25) is 4.79 Å². The number of esters is 1. The van der Waals surface area contributed by atoms with Crippen LogP contribution in [0.3, 0.4) is 0 Å². The summed E-state index contributed by atoms with van der Waals surface area (Å²) < 4.78 is 26.6. The van der Waals surface area contributed by atoms with Gasteiger partial charge in [-0.1, -0.05) is 0 Å². The number of benzene rings is 1. The Balaban J connectivity index is 2.37. The lowest BCUT2D eigenvalue weighted by molar-refractivity contribution is -0.136. The molecule has 0 saturated carbocycles. The van der Waals surface area contributed by atoms with Crippen molar-refractivity contribution in [2.75, 3.05) is 21.3 Å². The van der Waals surface area contributed by atoms with Gasteiger partial charge in [-0.05, 0) is 18.2 Å². The number of carbonyl (C=O) groups is 1. The van der Waals surface area contributed by atoms with Gasteiger partial charge in [0.1, 0.15) is 29.4 Å². The lowest BCUT2D eigenvalue weighted by Gasteiger charge is -2.27. The van der Waals surface area contributed by atoms with Crippen LogP contribution in [0.25, 0.3) is 0 Å². The van der Waals surface area contributed by atoms with Crippen LogP contribution in [0.15, 0.2) is 44.9 Å². The Morgan fingerprint density at radius 3 is 2.57 bits per heavy atom. The molecule has 0 spiro atoms. The number of hydrogen-bond donors (Lipinski definition) is 2. The molecule has 0 amide bonds. The molecule has 0 saturated heterocycles. The number of aliphatic hydroxyl groups is 1. The van der Waals surface area contributed by atoms with Crippen LogP contribution in [0.2, 0.25) is 0 Å². The van der Waals surface area contributed by atoms with Crippen molar-refractivity contribution in [1.82, 2.24) is 0 Å². The third-order valence-electron chi connectivity index (χ3n) is 4.32. The highest BCUT2D eigenvalue weighted by molar-refractivity contribution is 5.92. The highest BCUT2D eigenvalue weighted by Crippen LogP contribution is 2.45. The van der Waals surface area contributed by atoms with Crippen LogP contribution in [-0.4, -0.2) is 32.4 Å². The van der Waals surface area contributed by atoms with Crippen molar-refractivity contribution in [3.05, 3.63) is 63.0 Å². The average Bonchev–Trinajstić information content (AvgIpc) is 2.72. The van der Waals surface area contributed by atoms with Crippen LogP contribution >= 0.6 is 0 Å². The van der Waals surface area contributed by atoms with E-state index in [-0.39, 0.29) is 28.7 Å². The smallest absolute Gasteiger partial charge is 0.340 e. The van der Waals surface area contributed by atoms with Crippen LogP contribution in [0.5, 0.6) is 17.2 Å². The van der Waals surface area contributed by atoms with Gasteiger partial charge >= 0.3 is 5.97 Å². The van der Waals surface area contributed by atoms with E-state index in [1.54, 1.807) is 18.2 Å². The van der Waals surface area contributed by atoms with Crippen molar-refractivity contribution < 1.29 is 33.3 Å². The molecule has 3 N–H and O–H groups in total. The maximum atomic E-state index is 12.5. The normalized spacial score (nSPS) is 15.5. The highest BCUT2D eigenvalue weighted by atomic mass is 16.5. The summed E-state index contributed by atoms with van der Waals surface area (Å²) in [5, 5.41) is 9.43. The van der Waals surface area contributed by atoms with Gasteiger partial charge in [0.25, 0.3) is 0 Å². The van der Waals surface area contributed by atoms with Crippen molar-refractivity contribution in [2.45, 2.75) is 12.5 Å². The molecule has 9 heteroatoms. The molecule has 0 unspecified atom stereocenters. The van der Waals surface area contributed by atoms with E-state index in [9.17, 15) is 14.7 Å². The minimum Gasteiger partial charge on any atom is -0.497 e. The second-order valence-corrected chi connectivity index (χ2v) is 5.84. The maximum Gasteiger partial charge on any atom is 0.340 e. The molecule has 2 aromatic rings. The van der Waals surface area contributed by atoms with Gasteiger partial charge in [-0.15, -0.1) is 0 Å². The zero-order valence-corrected chi connectivity index (χ0v) is 15.5. The van der Waals surface area contributed by atoms with Crippen LogP contribution in [-0.2, 0) is 16.1 Å². The number of rotatable bonds is 5. The fraction of sp³-hybridized carbons (Fsp3) is 0.263. The van der Waals surface area contributed by atoms with E-state index in [0.717, 1.165) is 6.07 Å².